The molecule has 18 heavy (non-hydrogen) atoms. The van der Waals surface area contributed by atoms with E-state index >= 15 is 0 Å². The number of amides is 2. The quantitative estimate of drug-likeness (QED) is 0.817. The molecular weight excluding hydrogens is 232 g/mol. The Bertz CT molecular complexity index is 468. The number of benzene rings is 1. The van der Waals surface area contributed by atoms with E-state index < -0.39 is 0 Å². The van der Waals surface area contributed by atoms with Gasteiger partial charge in [-0.1, -0.05) is 0 Å². The van der Waals surface area contributed by atoms with Crippen molar-refractivity contribution in [3.8, 4) is 5.75 Å². The Morgan fingerprint density at radius 1 is 1.28 bits per heavy atom. The maximum Gasteiger partial charge on any atom is 0.324 e. The molecule has 3 rings (SSSR count). The van der Waals surface area contributed by atoms with Crippen molar-refractivity contribution >= 4 is 11.7 Å². The van der Waals surface area contributed by atoms with Crippen molar-refractivity contribution in [1.29, 1.82) is 0 Å². The molecule has 2 aliphatic rings. The van der Waals surface area contributed by atoms with Crippen molar-refractivity contribution in [3.05, 3.63) is 24.3 Å². The molecule has 96 valence electrons. The van der Waals surface area contributed by atoms with Gasteiger partial charge in [-0.05, 0) is 30.7 Å². The van der Waals surface area contributed by atoms with Crippen LogP contribution in [0.2, 0.25) is 0 Å². The fourth-order valence-corrected chi connectivity index (χ4v) is 2.55. The highest BCUT2D eigenvalue weighted by Crippen LogP contribution is 2.37. The van der Waals surface area contributed by atoms with Crippen LogP contribution in [0.1, 0.15) is 6.42 Å². The summed E-state index contributed by atoms with van der Waals surface area (Å²) in [5, 5.41) is 9.34. The number of carbonyl (C=O) groups excluding carboxylic acids is 1. The zero-order chi connectivity index (χ0) is 12.8. The van der Waals surface area contributed by atoms with E-state index in [1.54, 1.807) is 34.1 Å². The lowest BCUT2D eigenvalue weighted by Gasteiger charge is -2.53. The smallest absolute Gasteiger partial charge is 0.324 e. The van der Waals surface area contributed by atoms with Crippen molar-refractivity contribution in [2.24, 2.45) is 0 Å². The predicted molar refractivity (Wildman–Crippen MR) is 66.8 cm³/mol. The molecule has 1 aromatic rings. The fraction of sp³-hybridized carbons (Fsp3) is 0.462. The molecule has 2 fully saturated rings. The lowest BCUT2D eigenvalue weighted by molar-refractivity contribution is -0.0665. The van der Waals surface area contributed by atoms with Gasteiger partial charge in [0.05, 0.1) is 18.8 Å². The van der Waals surface area contributed by atoms with Gasteiger partial charge in [0.25, 0.3) is 0 Å². The summed E-state index contributed by atoms with van der Waals surface area (Å²) < 4.78 is 5.31. The second-order valence-corrected chi connectivity index (χ2v) is 5.02. The van der Waals surface area contributed by atoms with Crippen LogP contribution < -0.4 is 4.90 Å². The topological polar surface area (TPSA) is 53.0 Å². The second-order valence-electron chi connectivity index (χ2n) is 5.02. The van der Waals surface area contributed by atoms with Gasteiger partial charge in [-0.25, -0.2) is 4.79 Å². The van der Waals surface area contributed by atoms with Crippen molar-refractivity contribution in [3.63, 3.8) is 0 Å². The van der Waals surface area contributed by atoms with Gasteiger partial charge >= 0.3 is 6.03 Å². The summed E-state index contributed by atoms with van der Waals surface area (Å²) in [6, 6.07) is 6.74. The first-order valence-electron chi connectivity index (χ1n) is 6.04. The van der Waals surface area contributed by atoms with Crippen LogP contribution in [0.4, 0.5) is 10.5 Å². The first kappa shape index (κ1) is 11.3. The number of nitrogens with zero attached hydrogens (tertiary/aromatic N) is 2. The first-order chi connectivity index (χ1) is 8.62. The summed E-state index contributed by atoms with van der Waals surface area (Å²) in [5.41, 5.74) is 0.619. The number of urea groups is 1. The molecule has 5 nitrogen and oxygen atoms in total. The third-order valence-corrected chi connectivity index (χ3v) is 3.75. The normalized spacial score (nSPS) is 22.2. The summed E-state index contributed by atoms with van der Waals surface area (Å²) in [6.45, 7) is 1.94. The average Bonchev–Trinajstić information content (AvgIpc) is 2.32. The van der Waals surface area contributed by atoms with Crippen LogP contribution in [0.5, 0.6) is 5.75 Å². The highest BCUT2D eigenvalue weighted by molar-refractivity contribution is 5.94. The molecule has 1 spiro atoms. The standard InChI is InChI=1S/C13H16N2O3/c1-14-7-6-13(8-18-9-13)15(12(14)17)10-2-4-11(16)5-3-10/h2-5,16H,6-9H2,1H3. The summed E-state index contributed by atoms with van der Waals surface area (Å²) in [7, 11) is 1.81. The zero-order valence-corrected chi connectivity index (χ0v) is 10.3. The molecule has 0 saturated carbocycles. The van der Waals surface area contributed by atoms with Crippen molar-refractivity contribution < 1.29 is 14.6 Å². The van der Waals surface area contributed by atoms with Crippen LogP contribution in [0, 0.1) is 0 Å². The third-order valence-electron chi connectivity index (χ3n) is 3.75. The first-order valence-corrected chi connectivity index (χ1v) is 6.04. The van der Waals surface area contributed by atoms with E-state index in [1.165, 1.54) is 0 Å². The Morgan fingerprint density at radius 2 is 1.94 bits per heavy atom. The number of carbonyl (C=O) groups is 1. The van der Waals surface area contributed by atoms with Crippen LogP contribution in [-0.2, 0) is 4.74 Å². The van der Waals surface area contributed by atoms with Crippen molar-refractivity contribution in [1.82, 2.24) is 4.90 Å². The lowest BCUT2D eigenvalue weighted by atomic mass is 9.88. The number of phenols is 1. The molecule has 2 saturated heterocycles. The van der Waals surface area contributed by atoms with Gasteiger partial charge in [0, 0.05) is 19.3 Å². The number of rotatable bonds is 1. The third kappa shape index (κ3) is 1.54. The lowest BCUT2D eigenvalue weighted by Crippen LogP contribution is -2.70. The monoisotopic (exact) mass is 248 g/mol. The maximum atomic E-state index is 12.4. The SMILES string of the molecule is CN1CCC2(COC2)N(c2ccc(O)cc2)C1=O. The molecule has 0 atom stereocenters. The summed E-state index contributed by atoms with van der Waals surface area (Å²) in [4.78, 5) is 15.9. The van der Waals surface area contributed by atoms with Crippen LogP contribution in [0.25, 0.3) is 0 Å². The Labute approximate surface area is 106 Å². The second kappa shape index (κ2) is 3.88. The van der Waals surface area contributed by atoms with Gasteiger partial charge in [-0.15, -0.1) is 0 Å². The highest BCUT2D eigenvalue weighted by atomic mass is 16.5. The number of ether oxygens (including phenoxy) is 1. The van der Waals surface area contributed by atoms with Crippen LogP contribution >= 0.6 is 0 Å². The summed E-state index contributed by atoms with van der Waals surface area (Å²) in [5.74, 6) is 0.204. The molecule has 2 amide bonds. The van der Waals surface area contributed by atoms with Gasteiger partial charge < -0.3 is 14.7 Å². The number of phenolic OH excluding ortho intramolecular Hbond substituents is 1. The van der Waals surface area contributed by atoms with Crippen LogP contribution in [0.3, 0.4) is 0 Å². The molecule has 0 aliphatic carbocycles. The van der Waals surface area contributed by atoms with Gasteiger partial charge in [-0.2, -0.15) is 0 Å². The van der Waals surface area contributed by atoms with Crippen molar-refractivity contribution in [2.45, 2.75) is 12.0 Å². The maximum absolute atomic E-state index is 12.4. The van der Waals surface area contributed by atoms with Crippen LogP contribution in [-0.4, -0.2) is 48.4 Å². The van der Waals surface area contributed by atoms with Crippen LogP contribution in [0.15, 0.2) is 24.3 Å². The van der Waals surface area contributed by atoms with Gasteiger partial charge in [0.2, 0.25) is 0 Å². The van der Waals surface area contributed by atoms with E-state index in [-0.39, 0.29) is 17.3 Å². The summed E-state index contributed by atoms with van der Waals surface area (Å²) in [6.07, 6.45) is 0.913. The molecule has 0 aromatic heterocycles. The van der Waals surface area contributed by atoms with E-state index in [0.29, 0.717) is 13.2 Å². The number of hydrogen-bond donors (Lipinski definition) is 1. The summed E-state index contributed by atoms with van der Waals surface area (Å²) >= 11 is 0. The number of aromatic hydroxyl groups is 1. The predicted octanol–water partition coefficient (Wildman–Crippen LogP) is 1.42. The van der Waals surface area contributed by atoms with Crippen molar-refractivity contribution in [2.75, 3.05) is 31.7 Å². The molecule has 2 heterocycles. The number of anilines is 1. The zero-order valence-electron chi connectivity index (χ0n) is 10.3. The molecule has 0 unspecified atom stereocenters. The number of hydrogen-bond acceptors (Lipinski definition) is 3. The fourth-order valence-electron chi connectivity index (χ4n) is 2.55. The molecule has 5 heteroatoms. The van der Waals surface area contributed by atoms with E-state index in [0.717, 1.165) is 18.7 Å². The van der Waals surface area contributed by atoms with E-state index in [9.17, 15) is 9.90 Å². The Kier molecular flexibility index (Phi) is 2.45. The molecule has 0 bridgehead atoms. The van der Waals surface area contributed by atoms with E-state index in [4.69, 9.17) is 4.74 Å². The van der Waals surface area contributed by atoms with Gasteiger partial charge in [0.15, 0.2) is 0 Å². The molecule has 2 aliphatic heterocycles. The molecule has 0 radical (unpaired) electrons. The minimum atomic E-state index is -0.194. The molecular formula is C13H16N2O3. The van der Waals surface area contributed by atoms with Gasteiger partial charge in [0.1, 0.15) is 5.75 Å². The van der Waals surface area contributed by atoms with Gasteiger partial charge in [-0.3, -0.25) is 4.90 Å². The van der Waals surface area contributed by atoms with E-state index in [1.807, 2.05) is 7.05 Å². The highest BCUT2D eigenvalue weighted by Gasteiger charge is 2.50. The Morgan fingerprint density at radius 3 is 2.50 bits per heavy atom. The molecule has 1 aromatic carbocycles. The minimum Gasteiger partial charge on any atom is -0.508 e. The Hall–Kier alpha value is -1.75. The Balaban J connectivity index is 1.99. The molecule has 1 N–H and O–H groups in total. The average molecular weight is 248 g/mol. The minimum absolute atomic E-state index is 0.00441. The largest absolute Gasteiger partial charge is 0.508 e. The van der Waals surface area contributed by atoms with E-state index in [2.05, 4.69) is 0 Å².